The predicted octanol–water partition coefficient (Wildman–Crippen LogP) is 4.61. The number of hydrogen-bond donors (Lipinski definition) is 0. The van der Waals surface area contributed by atoms with Gasteiger partial charge in [-0.05, 0) is 48.7 Å². The fraction of sp³-hybridized carbons (Fsp3) is 0.320. The molecule has 2 saturated heterocycles. The van der Waals surface area contributed by atoms with E-state index >= 15 is 0 Å². The molecule has 8 heteroatoms. The van der Waals surface area contributed by atoms with Crippen LogP contribution >= 0.6 is 11.6 Å². The number of anilines is 1. The highest BCUT2D eigenvalue weighted by Crippen LogP contribution is 2.36. The van der Waals surface area contributed by atoms with Crippen LogP contribution in [0.15, 0.2) is 67.0 Å². The Morgan fingerprint density at radius 1 is 1.09 bits per heavy atom. The number of carbonyl (C=O) groups is 2. The molecule has 2 aromatic carbocycles. The van der Waals surface area contributed by atoms with Gasteiger partial charge in [0.1, 0.15) is 5.60 Å². The van der Waals surface area contributed by atoms with E-state index < -0.39 is 5.60 Å². The Labute approximate surface area is 197 Å². The number of ether oxygens (including phenoxy) is 1. The maximum absolute atomic E-state index is 13.5. The number of aromatic nitrogens is 2. The SMILES string of the molecule is O=C(c1ccccc1Cn1cccn1)N1CCC[C@@]2(CC1)CN(c1cccc(Cl)c1)C(=O)O2. The first-order valence-corrected chi connectivity index (χ1v) is 11.5. The maximum atomic E-state index is 13.5. The Kier molecular flexibility index (Phi) is 5.81. The molecule has 2 aliphatic rings. The van der Waals surface area contributed by atoms with Gasteiger partial charge in [0, 0.05) is 48.2 Å². The first-order chi connectivity index (χ1) is 16.0. The summed E-state index contributed by atoms with van der Waals surface area (Å²) in [5.74, 6) is 0.00540. The molecule has 0 radical (unpaired) electrons. The van der Waals surface area contributed by atoms with Crippen LogP contribution in [0.1, 0.15) is 35.2 Å². The molecule has 1 atom stereocenters. The molecule has 2 amide bonds. The van der Waals surface area contributed by atoms with Gasteiger partial charge in [-0.2, -0.15) is 5.10 Å². The van der Waals surface area contributed by atoms with Crippen molar-refractivity contribution in [2.45, 2.75) is 31.4 Å². The third kappa shape index (κ3) is 4.46. The van der Waals surface area contributed by atoms with Gasteiger partial charge >= 0.3 is 6.09 Å². The van der Waals surface area contributed by atoms with Crippen LogP contribution in [0.2, 0.25) is 5.02 Å². The number of halogens is 1. The minimum atomic E-state index is -0.594. The van der Waals surface area contributed by atoms with E-state index in [2.05, 4.69) is 5.10 Å². The molecule has 7 nitrogen and oxygen atoms in total. The lowest BCUT2D eigenvalue weighted by Gasteiger charge is -2.26. The van der Waals surface area contributed by atoms with Crippen LogP contribution in [0.25, 0.3) is 0 Å². The fourth-order valence-electron chi connectivity index (χ4n) is 4.70. The number of hydrogen-bond acceptors (Lipinski definition) is 4. The summed E-state index contributed by atoms with van der Waals surface area (Å²) in [7, 11) is 0. The van der Waals surface area contributed by atoms with Crippen molar-refractivity contribution in [2.75, 3.05) is 24.5 Å². The Bertz CT molecular complexity index is 1170. The summed E-state index contributed by atoms with van der Waals surface area (Å²) in [5.41, 5.74) is 1.76. The van der Waals surface area contributed by atoms with Crippen molar-refractivity contribution >= 4 is 29.3 Å². The summed E-state index contributed by atoms with van der Waals surface area (Å²) in [6.45, 7) is 2.17. The lowest BCUT2D eigenvalue weighted by molar-refractivity contribution is 0.0438. The Hall–Kier alpha value is -3.32. The molecule has 5 rings (SSSR count). The van der Waals surface area contributed by atoms with Crippen molar-refractivity contribution in [3.05, 3.63) is 83.1 Å². The quantitative estimate of drug-likeness (QED) is 0.565. The van der Waals surface area contributed by atoms with Gasteiger partial charge < -0.3 is 9.64 Å². The van der Waals surface area contributed by atoms with Gasteiger partial charge in [0.25, 0.3) is 5.91 Å². The molecule has 0 N–H and O–H groups in total. The number of benzene rings is 2. The van der Waals surface area contributed by atoms with E-state index in [0.29, 0.717) is 49.6 Å². The molecular weight excluding hydrogens is 440 g/mol. The zero-order valence-corrected chi connectivity index (χ0v) is 18.9. The highest BCUT2D eigenvalue weighted by atomic mass is 35.5. The summed E-state index contributed by atoms with van der Waals surface area (Å²) < 4.78 is 7.71. The molecule has 0 unspecified atom stereocenters. The van der Waals surface area contributed by atoms with Gasteiger partial charge in [-0.3, -0.25) is 14.4 Å². The van der Waals surface area contributed by atoms with Crippen molar-refractivity contribution in [1.29, 1.82) is 0 Å². The monoisotopic (exact) mass is 464 g/mol. The van der Waals surface area contributed by atoms with Crippen LogP contribution in [-0.2, 0) is 11.3 Å². The average molecular weight is 465 g/mol. The summed E-state index contributed by atoms with van der Waals surface area (Å²) in [6, 6.07) is 16.8. The zero-order valence-electron chi connectivity index (χ0n) is 18.2. The molecule has 33 heavy (non-hydrogen) atoms. The molecule has 1 spiro atoms. The van der Waals surface area contributed by atoms with E-state index in [-0.39, 0.29) is 12.0 Å². The van der Waals surface area contributed by atoms with Crippen LogP contribution in [-0.4, -0.2) is 51.9 Å². The summed E-state index contributed by atoms with van der Waals surface area (Å²) >= 11 is 6.12. The third-order valence-electron chi connectivity index (χ3n) is 6.41. The molecule has 170 valence electrons. The van der Waals surface area contributed by atoms with Crippen LogP contribution in [0.5, 0.6) is 0 Å². The van der Waals surface area contributed by atoms with Crippen LogP contribution in [0, 0.1) is 0 Å². The molecule has 0 aliphatic carbocycles. The second-order valence-corrected chi connectivity index (χ2v) is 9.06. The van der Waals surface area contributed by atoms with Gasteiger partial charge in [-0.1, -0.05) is 35.9 Å². The van der Waals surface area contributed by atoms with Gasteiger partial charge in [-0.15, -0.1) is 0 Å². The minimum absolute atomic E-state index is 0.00540. The molecule has 3 heterocycles. The van der Waals surface area contributed by atoms with E-state index in [1.165, 1.54) is 0 Å². The summed E-state index contributed by atoms with van der Waals surface area (Å²) in [5, 5.41) is 4.84. The van der Waals surface area contributed by atoms with E-state index in [9.17, 15) is 9.59 Å². The third-order valence-corrected chi connectivity index (χ3v) is 6.65. The van der Waals surface area contributed by atoms with Gasteiger partial charge in [0.15, 0.2) is 0 Å². The number of carbonyl (C=O) groups excluding carboxylic acids is 2. The van der Waals surface area contributed by atoms with E-state index in [1.54, 1.807) is 23.2 Å². The molecule has 2 fully saturated rings. The number of amides is 2. The highest BCUT2D eigenvalue weighted by molar-refractivity contribution is 6.30. The van der Waals surface area contributed by atoms with Crippen molar-refractivity contribution in [1.82, 2.24) is 14.7 Å². The Morgan fingerprint density at radius 2 is 1.97 bits per heavy atom. The lowest BCUT2D eigenvalue weighted by atomic mass is 9.95. The normalized spacial score (nSPS) is 20.7. The maximum Gasteiger partial charge on any atom is 0.415 e. The van der Waals surface area contributed by atoms with Crippen molar-refractivity contribution < 1.29 is 14.3 Å². The largest absolute Gasteiger partial charge is 0.441 e. The molecule has 0 saturated carbocycles. The first kappa shape index (κ1) is 21.5. The van der Waals surface area contributed by atoms with Gasteiger partial charge in [-0.25, -0.2) is 4.79 Å². The standard InChI is InChI=1S/C25H25ClN4O3/c26-20-7-3-8-21(16-20)30-18-25(33-24(30)32)10-4-13-28(15-11-25)23(31)22-9-2-1-6-19(22)17-29-14-5-12-27-29/h1-3,5-9,12,14,16H,4,10-11,13,15,17-18H2/t25-/m1/s1. The first-order valence-electron chi connectivity index (χ1n) is 11.1. The smallest absolute Gasteiger partial charge is 0.415 e. The predicted molar refractivity (Wildman–Crippen MR) is 126 cm³/mol. The number of likely N-dealkylation sites (tertiary alicyclic amines) is 1. The summed E-state index contributed by atoms with van der Waals surface area (Å²) in [4.78, 5) is 29.7. The highest BCUT2D eigenvalue weighted by Gasteiger charge is 2.46. The Balaban J connectivity index is 1.30. The fourth-order valence-corrected chi connectivity index (χ4v) is 4.89. The average Bonchev–Trinajstić information content (AvgIpc) is 3.38. The van der Waals surface area contributed by atoms with E-state index in [0.717, 1.165) is 17.7 Å². The molecule has 1 aromatic heterocycles. The second kappa shape index (κ2) is 8.90. The molecule has 3 aromatic rings. The minimum Gasteiger partial charge on any atom is -0.441 e. The number of rotatable bonds is 4. The lowest BCUT2D eigenvalue weighted by Crippen LogP contribution is -2.37. The van der Waals surface area contributed by atoms with E-state index in [4.69, 9.17) is 16.3 Å². The van der Waals surface area contributed by atoms with Crippen molar-refractivity contribution in [2.24, 2.45) is 0 Å². The number of nitrogens with zero attached hydrogens (tertiary/aromatic N) is 4. The van der Waals surface area contributed by atoms with Crippen molar-refractivity contribution in [3.8, 4) is 0 Å². The van der Waals surface area contributed by atoms with Crippen LogP contribution < -0.4 is 4.90 Å². The molecule has 0 bridgehead atoms. The molecular formula is C25H25ClN4O3. The van der Waals surface area contributed by atoms with Gasteiger partial charge in [0.2, 0.25) is 0 Å². The molecule has 2 aliphatic heterocycles. The van der Waals surface area contributed by atoms with Crippen LogP contribution in [0.3, 0.4) is 0 Å². The van der Waals surface area contributed by atoms with Crippen LogP contribution in [0.4, 0.5) is 10.5 Å². The van der Waals surface area contributed by atoms with E-state index in [1.807, 2.05) is 58.2 Å². The Morgan fingerprint density at radius 3 is 2.79 bits per heavy atom. The summed E-state index contributed by atoms with van der Waals surface area (Å²) in [6.07, 6.45) is 5.34. The second-order valence-electron chi connectivity index (χ2n) is 8.62. The van der Waals surface area contributed by atoms with Crippen molar-refractivity contribution in [3.63, 3.8) is 0 Å². The van der Waals surface area contributed by atoms with Gasteiger partial charge in [0.05, 0.1) is 13.1 Å². The zero-order chi connectivity index (χ0) is 22.8. The topological polar surface area (TPSA) is 67.7 Å².